The van der Waals surface area contributed by atoms with Crippen molar-refractivity contribution >= 4 is 0 Å². The highest BCUT2D eigenvalue weighted by molar-refractivity contribution is 4.60. The standard InChI is InChI=1S/C6H12.C2H6.H2/c1-6-4-2-3-5-6;1-2;/h6H,2-5H2,1H3;1-2H3;1H. The monoisotopic (exact) mass is 116 g/mol. The molecule has 0 aromatic heterocycles. The molecule has 0 atom stereocenters. The predicted molar refractivity (Wildman–Crippen MR) is 41.1 cm³/mol. The van der Waals surface area contributed by atoms with Gasteiger partial charge in [0.25, 0.3) is 0 Å². The van der Waals surface area contributed by atoms with Crippen LogP contribution in [0.25, 0.3) is 0 Å². The topological polar surface area (TPSA) is 0 Å². The van der Waals surface area contributed by atoms with Crippen molar-refractivity contribution in [2.75, 3.05) is 0 Å². The van der Waals surface area contributed by atoms with Crippen molar-refractivity contribution in [3.8, 4) is 0 Å². The first-order valence-electron chi connectivity index (χ1n) is 3.89. The van der Waals surface area contributed by atoms with Crippen molar-refractivity contribution in [1.82, 2.24) is 0 Å². The van der Waals surface area contributed by atoms with Crippen molar-refractivity contribution < 1.29 is 1.43 Å². The summed E-state index contributed by atoms with van der Waals surface area (Å²) in [5, 5.41) is 0. The molecule has 0 saturated heterocycles. The molecule has 0 heterocycles. The molecule has 0 amide bonds. The molecule has 0 heteroatoms. The first-order chi connectivity index (χ1) is 3.89. The van der Waals surface area contributed by atoms with Crippen LogP contribution in [-0.4, -0.2) is 0 Å². The van der Waals surface area contributed by atoms with Gasteiger partial charge in [-0.25, -0.2) is 0 Å². The Morgan fingerprint density at radius 2 is 1.50 bits per heavy atom. The largest absolute Gasteiger partial charge is 0.0683 e. The molecule has 0 N–H and O–H groups in total. The van der Waals surface area contributed by atoms with Gasteiger partial charge < -0.3 is 0 Å². The minimum Gasteiger partial charge on any atom is -0.0683 e. The molecule has 0 unspecified atom stereocenters. The van der Waals surface area contributed by atoms with Gasteiger partial charge in [-0.05, 0) is 5.92 Å². The van der Waals surface area contributed by atoms with Crippen molar-refractivity contribution in [2.45, 2.75) is 46.5 Å². The molecule has 0 radical (unpaired) electrons. The van der Waals surface area contributed by atoms with E-state index >= 15 is 0 Å². The quantitative estimate of drug-likeness (QED) is 0.454. The molecule has 8 heavy (non-hydrogen) atoms. The fourth-order valence-electron chi connectivity index (χ4n) is 1.13. The molecule has 0 spiro atoms. The van der Waals surface area contributed by atoms with E-state index in [0.717, 1.165) is 5.92 Å². The summed E-state index contributed by atoms with van der Waals surface area (Å²) in [4.78, 5) is 0. The van der Waals surface area contributed by atoms with Gasteiger partial charge in [0.05, 0.1) is 0 Å². The van der Waals surface area contributed by atoms with Gasteiger partial charge in [0, 0.05) is 1.43 Å². The summed E-state index contributed by atoms with van der Waals surface area (Å²) in [6.45, 7) is 6.34. The highest BCUT2D eigenvalue weighted by atomic mass is 14.1. The zero-order valence-corrected chi connectivity index (χ0v) is 6.41. The third-order valence-electron chi connectivity index (χ3n) is 1.64. The Balaban J connectivity index is 0. The van der Waals surface area contributed by atoms with E-state index in [9.17, 15) is 0 Å². The Morgan fingerprint density at radius 3 is 1.62 bits per heavy atom. The van der Waals surface area contributed by atoms with E-state index in [-0.39, 0.29) is 1.43 Å². The van der Waals surface area contributed by atoms with E-state index in [2.05, 4.69) is 6.92 Å². The molecule has 0 aromatic carbocycles. The number of hydrogen-bond donors (Lipinski definition) is 0. The van der Waals surface area contributed by atoms with Crippen LogP contribution in [0.5, 0.6) is 0 Å². The Hall–Kier alpha value is 0. The molecule has 1 saturated carbocycles. The van der Waals surface area contributed by atoms with Gasteiger partial charge in [0.1, 0.15) is 0 Å². The summed E-state index contributed by atoms with van der Waals surface area (Å²) in [7, 11) is 0. The second kappa shape index (κ2) is 5.14. The van der Waals surface area contributed by atoms with Crippen molar-refractivity contribution in [3.05, 3.63) is 0 Å². The average molecular weight is 116 g/mol. The molecular formula is C8H20. The predicted octanol–water partition coefficient (Wildman–Crippen LogP) is 3.47. The highest BCUT2D eigenvalue weighted by Crippen LogP contribution is 2.22. The number of hydrogen-bond acceptors (Lipinski definition) is 0. The van der Waals surface area contributed by atoms with E-state index in [0.29, 0.717) is 0 Å². The minimum atomic E-state index is 0. The van der Waals surface area contributed by atoms with Gasteiger partial charge in [-0.1, -0.05) is 46.5 Å². The van der Waals surface area contributed by atoms with Crippen LogP contribution in [0.15, 0.2) is 0 Å². The molecule has 1 aliphatic carbocycles. The van der Waals surface area contributed by atoms with Gasteiger partial charge in [0.15, 0.2) is 0 Å². The fourth-order valence-corrected chi connectivity index (χ4v) is 1.13. The maximum atomic E-state index is 2.34. The molecule has 1 rings (SSSR count). The average Bonchev–Trinajstić information content (AvgIpc) is 2.24. The third-order valence-corrected chi connectivity index (χ3v) is 1.64. The highest BCUT2D eigenvalue weighted by Gasteiger charge is 2.07. The summed E-state index contributed by atoms with van der Waals surface area (Å²) in [5.74, 6) is 1.05. The van der Waals surface area contributed by atoms with Crippen LogP contribution in [0.2, 0.25) is 0 Å². The molecule has 52 valence electrons. The van der Waals surface area contributed by atoms with Crippen LogP contribution in [0.1, 0.15) is 47.9 Å². The van der Waals surface area contributed by atoms with E-state index < -0.39 is 0 Å². The van der Waals surface area contributed by atoms with Gasteiger partial charge >= 0.3 is 0 Å². The smallest absolute Gasteiger partial charge is 0 e. The van der Waals surface area contributed by atoms with Gasteiger partial charge in [-0.3, -0.25) is 0 Å². The third kappa shape index (κ3) is 3.06. The Bertz CT molecular complexity index is 37.8. The lowest BCUT2D eigenvalue weighted by Crippen LogP contribution is -1.78. The lowest BCUT2D eigenvalue weighted by molar-refractivity contribution is 0.612. The van der Waals surface area contributed by atoms with E-state index in [1.807, 2.05) is 13.8 Å². The summed E-state index contributed by atoms with van der Waals surface area (Å²) in [6.07, 6.45) is 5.95. The van der Waals surface area contributed by atoms with Crippen LogP contribution in [0.4, 0.5) is 0 Å². The van der Waals surface area contributed by atoms with Gasteiger partial charge in [-0.15, -0.1) is 0 Å². The van der Waals surface area contributed by atoms with Crippen molar-refractivity contribution in [2.24, 2.45) is 5.92 Å². The molecule has 0 aliphatic heterocycles. The summed E-state index contributed by atoms with van der Waals surface area (Å²) >= 11 is 0. The van der Waals surface area contributed by atoms with E-state index in [1.54, 1.807) is 0 Å². The fraction of sp³-hybridized carbons (Fsp3) is 1.00. The van der Waals surface area contributed by atoms with Crippen LogP contribution in [-0.2, 0) is 0 Å². The lowest BCUT2D eigenvalue weighted by atomic mass is 10.2. The lowest BCUT2D eigenvalue weighted by Gasteiger charge is -1.91. The van der Waals surface area contributed by atoms with E-state index in [4.69, 9.17) is 0 Å². The van der Waals surface area contributed by atoms with E-state index in [1.165, 1.54) is 25.7 Å². The maximum absolute atomic E-state index is 2.34. The molecular weight excluding hydrogens is 96.1 g/mol. The molecule has 0 aromatic rings. The first-order valence-corrected chi connectivity index (χ1v) is 3.89. The molecule has 1 aliphatic rings. The zero-order chi connectivity index (χ0) is 6.41. The summed E-state index contributed by atoms with van der Waals surface area (Å²) in [6, 6.07) is 0. The molecule has 0 bridgehead atoms. The van der Waals surface area contributed by atoms with Crippen molar-refractivity contribution in [3.63, 3.8) is 0 Å². The summed E-state index contributed by atoms with van der Waals surface area (Å²) in [5.41, 5.74) is 0. The number of rotatable bonds is 0. The Morgan fingerprint density at radius 1 is 1.12 bits per heavy atom. The first kappa shape index (κ1) is 8.00. The van der Waals surface area contributed by atoms with Crippen LogP contribution >= 0.6 is 0 Å². The normalized spacial score (nSPS) is 19.9. The minimum absolute atomic E-state index is 0. The second-order valence-electron chi connectivity index (χ2n) is 2.39. The van der Waals surface area contributed by atoms with Crippen molar-refractivity contribution in [1.29, 1.82) is 0 Å². The van der Waals surface area contributed by atoms with Crippen LogP contribution in [0.3, 0.4) is 0 Å². The molecule has 1 fully saturated rings. The zero-order valence-electron chi connectivity index (χ0n) is 6.41. The van der Waals surface area contributed by atoms with Crippen LogP contribution in [0, 0.1) is 5.92 Å². The maximum Gasteiger partial charge on any atom is 0 e. The Labute approximate surface area is 54.8 Å². The second-order valence-corrected chi connectivity index (χ2v) is 2.39. The van der Waals surface area contributed by atoms with Crippen LogP contribution < -0.4 is 0 Å². The van der Waals surface area contributed by atoms with Gasteiger partial charge in [0.2, 0.25) is 0 Å². The van der Waals surface area contributed by atoms with Gasteiger partial charge in [-0.2, -0.15) is 0 Å². The summed E-state index contributed by atoms with van der Waals surface area (Å²) < 4.78 is 0. The SMILES string of the molecule is CC.CC1CCCC1.[HH]. The Kier molecular flexibility index (Phi) is 5.14. The molecule has 0 nitrogen and oxygen atoms in total.